The molecule has 20 heavy (non-hydrogen) atoms. The van der Waals surface area contributed by atoms with E-state index in [2.05, 4.69) is 22.5 Å². The summed E-state index contributed by atoms with van der Waals surface area (Å²) in [5.41, 5.74) is 0. The molecular formula is C14H31N3O3. The van der Waals surface area contributed by atoms with Gasteiger partial charge in [-0.3, -0.25) is 4.99 Å². The average Bonchev–Trinajstić information content (AvgIpc) is 2.46. The Bertz CT molecular complexity index is 226. The average molecular weight is 289 g/mol. The van der Waals surface area contributed by atoms with Crippen LogP contribution in [0.2, 0.25) is 0 Å². The van der Waals surface area contributed by atoms with Gasteiger partial charge in [-0.05, 0) is 26.7 Å². The van der Waals surface area contributed by atoms with Crippen molar-refractivity contribution in [2.24, 2.45) is 4.99 Å². The quantitative estimate of drug-likeness (QED) is 0.301. The number of guanidine groups is 1. The molecule has 0 aromatic carbocycles. The maximum atomic E-state index is 5.39. The number of ether oxygens (including phenoxy) is 3. The van der Waals surface area contributed by atoms with Gasteiger partial charge in [0, 0.05) is 46.6 Å². The minimum Gasteiger partial charge on any atom is -0.382 e. The summed E-state index contributed by atoms with van der Waals surface area (Å²) in [4.78, 5) is 4.49. The van der Waals surface area contributed by atoms with Crippen LogP contribution < -0.4 is 10.6 Å². The van der Waals surface area contributed by atoms with Gasteiger partial charge in [0.2, 0.25) is 0 Å². The largest absolute Gasteiger partial charge is 0.382 e. The number of hydrogen-bond donors (Lipinski definition) is 2. The van der Waals surface area contributed by atoms with Gasteiger partial charge in [0.15, 0.2) is 5.96 Å². The summed E-state index contributed by atoms with van der Waals surface area (Å²) >= 11 is 0. The Morgan fingerprint density at radius 1 is 0.950 bits per heavy atom. The Morgan fingerprint density at radius 3 is 2.45 bits per heavy atom. The van der Waals surface area contributed by atoms with Gasteiger partial charge in [-0.15, -0.1) is 0 Å². The molecule has 6 nitrogen and oxygen atoms in total. The fraction of sp³-hybridized carbons (Fsp3) is 0.929. The lowest BCUT2D eigenvalue weighted by Crippen LogP contribution is -2.38. The molecule has 0 rings (SSSR count). The van der Waals surface area contributed by atoms with Crippen LogP contribution >= 0.6 is 0 Å². The molecule has 0 amide bonds. The fourth-order valence-electron chi connectivity index (χ4n) is 1.47. The number of aliphatic imine (C=N–C) groups is 1. The lowest BCUT2D eigenvalue weighted by Gasteiger charge is -2.11. The van der Waals surface area contributed by atoms with Crippen LogP contribution in [0, 0.1) is 0 Å². The van der Waals surface area contributed by atoms with Crippen LogP contribution in [0.5, 0.6) is 0 Å². The van der Waals surface area contributed by atoms with Crippen molar-refractivity contribution in [3.8, 4) is 0 Å². The highest BCUT2D eigenvalue weighted by Gasteiger charge is 1.96. The lowest BCUT2D eigenvalue weighted by atomic mass is 10.4. The van der Waals surface area contributed by atoms with Gasteiger partial charge in [-0.1, -0.05) is 0 Å². The third-order valence-corrected chi connectivity index (χ3v) is 2.45. The van der Waals surface area contributed by atoms with Crippen molar-refractivity contribution >= 4 is 5.96 Å². The van der Waals surface area contributed by atoms with Gasteiger partial charge in [-0.2, -0.15) is 0 Å². The summed E-state index contributed by atoms with van der Waals surface area (Å²) in [6, 6.07) is 0. The third-order valence-electron chi connectivity index (χ3n) is 2.45. The molecule has 0 atom stereocenters. The summed E-state index contributed by atoms with van der Waals surface area (Å²) in [5.74, 6) is 0.862. The van der Waals surface area contributed by atoms with Crippen molar-refractivity contribution in [1.82, 2.24) is 10.6 Å². The molecule has 120 valence electrons. The highest BCUT2D eigenvalue weighted by Crippen LogP contribution is 1.86. The standard InChI is InChI=1S/C14H31N3O3/c1-4-15-14(16-8-6-10-19-5-2)17-9-7-11-20-13-12-18-3/h4-13H2,1-3H3,(H2,15,16,17). The van der Waals surface area contributed by atoms with Gasteiger partial charge >= 0.3 is 0 Å². The van der Waals surface area contributed by atoms with Crippen LogP contribution in [0.1, 0.15) is 26.7 Å². The van der Waals surface area contributed by atoms with E-state index in [0.29, 0.717) is 13.2 Å². The maximum absolute atomic E-state index is 5.39. The highest BCUT2D eigenvalue weighted by molar-refractivity contribution is 5.79. The van der Waals surface area contributed by atoms with E-state index in [4.69, 9.17) is 14.2 Å². The van der Waals surface area contributed by atoms with Crippen LogP contribution in [0.25, 0.3) is 0 Å². The zero-order chi connectivity index (χ0) is 14.9. The Morgan fingerprint density at radius 2 is 1.75 bits per heavy atom. The lowest BCUT2D eigenvalue weighted by molar-refractivity contribution is 0.0702. The van der Waals surface area contributed by atoms with Crippen LogP contribution in [0.4, 0.5) is 0 Å². The number of nitrogens with one attached hydrogen (secondary N) is 2. The molecule has 0 radical (unpaired) electrons. The number of hydrogen-bond acceptors (Lipinski definition) is 4. The number of nitrogens with zero attached hydrogens (tertiary/aromatic N) is 1. The second-order valence-corrected chi connectivity index (χ2v) is 4.20. The topological polar surface area (TPSA) is 64.1 Å². The summed E-state index contributed by atoms with van der Waals surface area (Å²) in [7, 11) is 1.67. The molecule has 0 saturated heterocycles. The molecule has 0 bridgehead atoms. The predicted molar refractivity (Wildman–Crippen MR) is 82.4 cm³/mol. The highest BCUT2D eigenvalue weighted by atomic mass is 16.5. The molecule has 0 aliphatic heterocycles. The number of methoxy groups -OCH3 is 1. The molecule has 0 aromatic heterocycles. The van der Waals surface area contributed by atoms with E-state index in [9.17, 15) is 0 Å². The molecule has 0 saturated carbocycles. The first-order chi connectivity index (χ1) is 9.85. The summed E-state index contributed by atoms with van der Waals surface area (Å²) < 4.78 is 15.6. The maximum Gasteiger partial charge on any atom is 0.191 e. The van der Waals surface area contributed by atoms with E-state index in [1.165, 1.54) is 0 Å². The minimum absolute atomic E-state index is 0.646. The third kappa shape index (κ3) is 13.6. The summed E-state index contributed by atoms with van der Waals surface area (Å²) in [6.07, 6.45) is 1.90. The van der Waals surface area contributed by atoms with Crippen molar-refractivity contribution < 1.29 is 14.2 Å². The molecule has 2 N–H and O–H groups in total. The van der Waals surface area contributed by atoms with Gasteiger partial charge in [0.05, 0.1) is 13.2 Å². The second kappa shape index (κ2) is 16.2. The number of rotatable bonds is 13. The van der Waals surface area contributed by atoms with E-state index in [-0.39, 0.29) is 0 Å². The second-order valence-electron chi connectivity index (χ2n) is 4.20. The van der Waals surface area contributed by atoms with E-state index < -0.39 is 0 Å². The molecule has 0 aliphatic rings. The summed E-state index contributed by atoms with van der Waals surface area (Å²) in [6.45, 7) is 10.1. The SMILES string of the molecule is CCNC(=NCCCOCCOC)NCCCOCC. The van der Waals surface area contributed by atoms with Crippen molar-refractivity contribution in [2.75, 3.05) is 59.8 Å². The summed E-state index contributed by atoms with van der Waals surface area (Å²) in [5, 5.41) is 6.51. The van der Waals surface area contributed by atoms with Crippen LogP contribution in [-0.4, -0.2) is 65.7 Å². The Hall–Kier alpha value is -0.850. The van der Waals surface area contributed by atoms with Crippen LogP contribution in [0.15, 0.2) is 4.99 Å². The monoisotopic (exact) mass is 289 g/mol. The van der Waals surface area contributed by atoms with Gasteiger partial charge in [-0.25, -0.2) is 0 Å². The van der Waals surface area contributed by atoms with Crippen molar-refractivity contribution in [3.63, 3.8) is 0 Å². The molecule has 0 unspecified atom stereocenters. The molecule has 0 aromatic rings. The van der Waals surface area contributed by atoms with Crippen LogP contribution in [0.3, 0.4) is 0 Å². The first-order valence-corrected chi connectivity index (χ1v) is 7.51. The molecule has 6 heteroatoms. The Balaban J connectivity index is 3.61. The first kappa shape index (κ1) is 19.1. The Labute approximate surface area is 123 Å². The van der Waals surface area contributed by atoms with E-state index in [0.717, 1.165) is 58.3 Å². The van der Waals surface area contributed by atoms with Crippen molar-refractivity contribution in [2.45, 2.75) is 26.7 Å². The van der Waals surface area contributed by atoms with E-state index in [1.54, 1.807) is 7.11 Å². The molecule has 0 heterocycles. The smallest absolute Gasteiger partial charge is 0.191 e. The van der Waals surface area contributed by atoms with E-state index >= 15 is 0 Å². The molecule has 0 aliphatic carbocycles. The van der Waals surface area contributed by atoms with Gasteiger partial charge in [0.25, 0.3) is 0 Å². The zero-order valence-corrected chi connectivity index (χ0v) is 13.2. The first-order valence-electron chi connectivity index (χ1n) is 7.51. The van der Waals surface area contributed by atoms with Gasteiger partial charge in [0.1, 0.15) is 0 Å². The minimum atomic E-state index is 0.646. The molecule has 0 fully saturated rings. The van der Waals surface area contributed by atoms with Crippen LogP contribution in [-0.2, 0) is 14.2 Å². The van der Waals surface area contributed by atoms with Crippen molar-refractivity contribution in [3.05, 3.63) is 0 Å². The van der Waals surface area contributed by atoms with Gasteiger partial charge < -0.3 is 24.8 Å². The van der Waals surface area contributed by atoms with E-state index in [1.807, 2.05) is 6.92 Å². The fourth-order valence-corrected chi connectivity index (χ4v) is 1.47. The zero-order valence-electron chi connectivity index (χ0n) is 13.2. The normalized spacial score (nSPS) is 11.7. The van der Waals surface area contributed by atoms with Crippen molar-refractivity contribution in [1.29, 1.82) is 0 Å². The Kier molecular flexibility index (Phi) is 15.5. The molecular weight excluding hydrogens is 258 g/mol. The predicted octanol–water partition coefficient (Wildman–Crippen LogP) is 1.02. The molecule has 0 spiro atoms.